The molecule has 2 aromatic rings. The average molecular weight is 361 g/mol. The van der Waals surface area contributed by atoms with Gasteiger partial charge in [0.15, 0.2) is 11.5 Å². The van der Waals surface area contributed by atoms with Crippen molar-refractivity contribution in [3.63, 3.8) is 0 Å². The first-order valence-corrected chi connectivity index (χ1v) is 9.88. The number of rotatable bonds is 8. The van der Waals surface area contributed by atoms with E-state index in [2.05, 4.69) is 66.0 Å². The minimum Gasteiger partial charge on any atom is -0.454 e. The monoisotopic (exact) mass is 361 g/mol. The lowest BCUT2D eigenvalue weighted by atomic mass is 9.89. The van der Waals surface area contributed by atoms with E-state index in [1.165, 1.54) is 29.5 Å². The van der Waals surface area contributed by atoms with Gasteiger partial charge in [-0.25, -0.2) is 0 Å². The second kappa shape index (κ2) is 8.92. The van der Waals surface area contributed by atoms with E-state index in [9.17, 15) is 0 Å². The molecule has 1 atom stereocenters. The summed E-state index contributed by atoms with van der Waals surface area (Å²) in [5.41, 5.74) is 4.10. The van der Waals surface area contributed by atoms with Crippen LogP contribution < -0.4 is 14.8 Å². The van der Waals surface area contributed by atoms with Crippen molar-refractivity contribution in [2.45, 2.75) is 31.6 Å². The van der Waals surface area contributed by atoms with Crippen molar-refractivity contribution in [2.24, 2.45) is 0 Å². The second-order valence-corrected chi connectivity index (χ2v) is 7.22. The molecule has 27 heavy (non-hydrogen) atoms. The van der Waals surface area contributed by atoms with Gasteiger partial charge in [0.05, 0.1) is 0 Å². The first-order valence-electron chi connectivity index (χ1n) is 9.88. The molecule has 3 heteroatoms. The molecule has 0 amide bonds. The molecule has 0 fully saturated rings. The van der Waals surface area contributed by atoms with Crippen molar-refractivity contribution >= 4 is 0 Å². The summed E-state index contributed by atoms with van der Waals surface area (Å²) < 4.78 is 11.1. The molecule has 1 heterocycles. The van der Waals surface area contributed by atoms with E-state index in [0.29, 0.717) is 12.7 Å². The zero-order valence-electron chi connectivity index (χ0n) is 15.7. The molecule has 1 aliphatic carbocycles. The molecule has 0 saturated carbocycles. The third kappa shape index (κ3) is 4.81. The second-order valence-electron chi connectivity index (χ2n) is 7.22. The highest BCUT2D eigenvalue weighted by molar-refractivity contribution is 5.45. The normalized spacial score (nSPS) is 16.2. The third-order valence-electron chi connectivity index (χ3n) is 5.26. The molecule has 0 spiro atoms. The van der Waals surface area contributed by atoms with Crippen LogP contribution in [0.4, 0.5) is 0 Å². The Morgan fingerprint density at radius 2 is 1.85 bits per heavy atom. The SMILES string of the molecule is C1=CC(CNCCC(Cc2ccccc2)c2ccc3c(c2)OCO3)=CCC1. The Balaban J connectivity index is 1.41. The number of hydrogen-bond acceptors (Lipinski definition) is 3. The Labute approximate surface area is 161 Å². The van der Waals surface area contributed by atoms with Crippen molar-refractivity contribution < 1.29 is 9.47 Å². The molecule has 1 N–H and O–H groups in total. The summed E-state index contributed by atoms with van der Waals surface area (Å²) in [5.74, 6) is 2.17. The molecule has 1 unspecified atom stereocenters. The Bertz CT molecular complexity index is 810. The van der Waals surface area contributed by atoms with E-state index in [0.717, 1.165) is 37.4 Å². The summed E-state index contributed by atoms with van der Waals surface area (Å²) >= 11 is 0. The van der Waals surface area contributed by atoms with Crippen LogP contribution in [0.2, 0.25) is 0 Å². The van der Waals surface area contributed by atoms with Gasteiger partial charge >= 0.3 is 0 Å². The highest BCUT2D eigenvalue weighted by Gasteiger charge is 2.18. The van der Waals surface area contributed by atoms with Crippen LogP contribution in [0.1, 0.15) is 36.3 Å². The highest BCUT2D eigenvalue weighted by Crippen LogP contribution is 2.36. The number of benzene rings is 2. The fraction of sp³-hybridized carbons (Fsp3) is 0.333. The predicted octanol–water partition coefficient (Wildman–Crippen LogP) is 5.00. The first-order chi connectivity index (χ1) is 13.4. The van der Waals surface area contributed by atoms with Crippen LogP contribution in [0.15, 0.2) is 72.3 Å². The van der Waals surface area contributed by atoms with E-state index in [-0.39, 0.29) is 0 Å². The van der Waals surface area contributed by atoms with Gasteiger partial charge in [-0.05, 0) is 67.0 Å². The summed E-state index contributed by atoms with van der Waals surface area (Å²) in [4.78, 5) is 0. The van der Waals surface area contributed by atoms with E-state index < -0.39 is 0 Å². The lowest BCUT2D eigenvalue weighted by Crippen LogP contribution is -2.21. The van der Waals surface area contributed by atoms with Crippen molar-refractivity contribution in [1.82, 2.24) is 5.32 Å². The lowest BCUT2D eigenvalue weighted by molar-refractivity contribution is 0.174. The van der Waals surface area contributed by atoms with Gasteiger partial charge in [0, 0.05) is 6.54 Å². The maximum Gasteiger partial charge on any atom is 0.231 e. The van der Waals surface area contributed by atoms with Gasteiger partial charge in [-0.1, -0.05) is 54.6 Å². The zero-order chi connectivity index (χ0) is 18.3. The molecule has 4 rings (SSSR count). The summed E-state index contributed by atoms with van der Waals surface area (Å²) in [6, 6.07) is 17.1. The molecule has 2 aromatic carbocycles. The van der Waals surface area contributed by atoms with E-state index in [1.54, 1.807) is 0 Å². The summed E-state index contributed by atoms with van der Waals surface area (Å²) in [5, 5.41) is 3.62. The molecule has 0 saturated heterocycles. The number of ether oxygens (including phenoxy) is 2. The molecular formula is C24H27NO2. The highest BCUT2D eigenvalue weighted by atomic mass is 16.7. The van der Waals surface area contributed by atoms with Crippen LogP contribution in [0, 0.1) is 0 Å². The number of nitrogens with one attached hydrogen (secondary N) is 1. The van der Waals surface area contributed by atoms with Crippen LogP contribution in [0.25, 0.3) is 0 Å². The maximum absolute atomic E-state index is 5.59. The molecule has 1 aliphatic heterocycles. The number of fused-ring (bicyclic) bond motifs is 1. The van der Waals surface area contributed by atoms with Crippen LogP contribution in [-0.2, 0) is 6.42 Å². The van der Waals surface area contributed by atoms with Gasteiger partial charge in [0.25, 0.3) is 0 Å². The lowest BCUT2D eigenvalue weighted by Gasteiger charge is -2.19. The molecule has 2 aliphatic rings. The van der Waals surface area contributed by atoms with Crippen molar-refractivity contribution in [3.8, 4) is 11.5 Å². The number of allylic oxidation sites excluding steroid dienone is 2. The Hall–Kier alpha value is -2.52. The summed E-state index contributed by atoms with van der Waals surface area (Å²) in [6.07, 6.45) is 11.3. The van der Waals surface area contributed by atoms with Gasteiger partial charge in [0.2, 0.25) is 6.79 Å². The summed E-state index contributed by atoms with van der Waals surface area (Å²) in [6.45, 7) is 2.28. The molecule has 0 aromatic heterocycles. The first kappa shape index (κ1) is 17.9. The van der Waals surface area contributed by atoms with Crippen LogP contribution >= 0.6 is 0 Å². The average Bonchev–Trinajstić information content (AvgIpc) is 3.20. The topological polar surface area (TPSA) is 30.5 Å². The van der Waals surface area contributed by atoms with Gasteiger partial charge in [-0.3, -0.25) is 0 Å². The molecule has 0 radical (unpaired) electrons. The van der Waals surface area contributed by atoms with Gasteiger partial charge in [0.1, 0.15) is 0 Å². The van der Waals surface area contributed by atoms with Crippen LogP contribution in [-0.4, -0.2) is 19.9 Å². The fourth-order valence-corrected chi connectivity index (χ4v) is 3.76. The van der Waals surface area contributed by atoms with Crippen LogP contribution in [0.5, 0.6) is 11.5 Å². The van der Waals surface area contributed by atoms with Gasteiger partial charge in [-0.15, -0.1) is 0 Å². The Morgan fingerprint density at radius 1 is 0.963 bits per heavy atom. The van der Waals surface area contributed by atoms with Crippen LogP contribution in [0.3, 0.4) is 0 Å². The minimum absolute atomic E-state index is 0.326. The standard InChI is InChI=1S/C24H27NO2/c1-3-7-19(8-4-1)15-22(13-14-25-17-20-9-5-2-6-10-20)21-11-12-23-24(16-21)27-18-26-23/h1,3-5,7-12,16,22,25H,2,6,13-15,17-18H2. The molecule has 0 bridgehead atoms. The van der Waals surface area contributed by atoms with Crippen molar-refractivity contribution in [1.29, 1.82) is 0 Å². The maximum atomic E-state index is 5.59. The Kier molecular flexibility index (Phi) is 5.90. The zero-order valence-corrected chi connectivity index (χ0v) is 15.7. The minimum atomic E-state index is 0.326. The van der Waals surface area contributed by atoms with E-state index >= 15 is 0 Å². The van der Waals surface area contributed by atoms with Crippen molar-refractivity contribution in [2.75, 3.05) is 19.9 Å². The quantitative estimate of drug-likeness (QED) is 0.671. The predicted molar refractivity (Wildman–Crippen MR) is 109 cm³/mol. The van der Waals surface area contributed by atoms with Gasteiger partial charge < -0.3 is 14.8 Å². The fourth-order valence-electron chi connectivity index (χ4n) is 3.76. The van der Waals surface area contributed by atoms with E-state index in [4.69, 9.17) is 9.47 Å². The summed E-state index contributed by atoms with van der Waals surface area (Å²) in [7, 11) is 0. The largest absolute Gasteiger partial charge is 0.454 e. The third-order valence-corrected chi connectivity index (χ3v) is 5.26. The van der Waals surface area contributed by atoms with Crippen molar-refractivity contribution in [3.05, 3.63) is 83.5 Å². The Morgan fingerprint density at radius 3 is 2.70 bits per heavy atom. The molecular weight excluding hydrogens is 334 g/mol. The van der Waals surface area contributed by atoms with E-state index in [1.807, 2.05) is 6.07 Å². The van der Waals surface area contributed by atoms with Gasteiger partial charge in [-0.2, -0.15) is 0 Å². The number of hydrogen-bond donors (Lipinski definition) is 1. The molecule has 140 valence electrons. The smallest absolute Gasteiger partial charge is 0.231 e. The molecule has 3 nitrogen and oxygen atoms in total.